The Morgan fingerprint density at radius 1 is 0.818 bits per heavy atom. The topological polar surface area (TPSA) is 93.2 Å². The molecule has 2 aliphatic heterocycles. The highest BCUT2D eigenvalue weighted by Gasteiger charge is 2.37. The van der Waals surface area contributed by atoms with E-state index in [9.17, 15) is 25.6 Å². The minimum Gasteiger partial charge on any atom is -0.486 e. The van der Waals surface area contributed by atoms with Gasteiger partial charge in [-0.25, -0.2) is 25.6 Å². The molecule has 0 saturated carbocycles. The number of hydrogen-bond donors (Lipinski definition) is 0. The van der Waals surface area contributed by atoms with E-state index in [-0.39, 0.29) is 31.1 Å². The van der Waals surface area contributed by atoms with Crippen LogP contribution < -0.4 is 9.47 Å². The van der Waals surface area contributed by atoms with E-state index in [1.54, 1.807) is 0 Å². The summed E-state index contributed by atoms with van der Waals surface area (Å²) in [5.74, 6) is -1.53. The van der Waals surface area contributed by atoms with Gasteiger partial charge < -0.3 is 9.47 Å². The molecule has 12 heteroatoms. The molecule has 0 bridgehead atoms. The van der Waals surface area contributed by atoms with E-state index in [1.807, 2.05) is 6.92 Å². The zero-order valence-electron chi connectivity index (χ0n) is 18.0. The van der Waals surface area contributed by atoms with Crippen molar-refractivity contribution in [2.24, 2.45) is 0 Å². The molecule has 0 unspecified atom stereocenters. The number of rotatable bonds is 6. The SMILES string of the molecule is CCCc1cc(F)c(S(=O)(=O)N2CCN(S(=O)(=O)c3ccc4c(c3)OCCO4)CC2)c(F)c1. The van der Waals surface area contributed by atoms with Crippen LogP contribution in [-0.2, 0) is 26.5 Å². The van der Waals surface area contributed by atoms with E-state index < -0.39 is 36.6 Å². The first-order chi connectivity index (χ1) is 15.6. The summed E-state index contributed by atoms with van der Waals surface area (Å²) < 4.78 is 93.9. The second-order valence-corrected chi connectivity index (χ2v) is 11.6. The van der Waals surface area contributed by atoms with Crippen molar-refractivity contribution >= 4 is 20.0 Å². The first-order valence-corrected chi connectivity index (χ1v) is 13.4. The minimum atomic E-state index is -4.48. The summed E-state index contributed by atoms with van der Waals surface area (Å²) in [5, 5.41) is 0. The van der Waals surface area contributed by atoms with E-state index in [0.29, 0.717) is 43.1 Å². The second kappa shape index (κ2) is 9.16. The zero-order chi connectivity index (χ0) is 23.8. The monoisotopic (exact) mass is 502 g/mol. The second-order valence-electron chi connectivity index (χ2n) is 7.75. The molecule has 180 valence electrons. The molecule has 0 aromatic heterocycles. The first kappa shape index (κ1) is 23.9. The molecule has 0 amide bonds. The number of sulfonamides is 2. The molecule has 4 rings (SSSR count). The highest BCUT2D eigenvalue weighted by molar-refractivity contribution is 7.89. The van der Waals surface area contributed by atoms with Crippen LogP contribution in [-0.4, -0.2) is 64.8 Å². The Morgan fingerprint density at radius 2 is 1.36 bits per heavy atom. The van der Waals surface area contributed by atoms with E-state index in [1.165, 1.54) is 18.2 Å². The quantitative estimate of drug-likeness (QED) is 0.602. The molecule has 1 saturated heterocycles. The Morgan fingerprint density at radius 3 is 1.94 bits per heavy atom. The van der Waals surface area contributed by atoms with Gasteiger partial charge in [-0.1, -0.05) is 13.3 Å². The van der Waals surface area contributed by atoms with Gasteiger partial charge in [-0.05, 0) is 36.2 Å². The predicted molar refractivity (Wildman–Crippen MR) is 115 cm³/mol. The Balaban J connectivity index is 1.52. The van der Waals surface area contributed by atoms with Gasteiger partial charge in [0.15, 0.2) is 16.4 Å². The third kappa shape index (κ3) is 4.57. The van der Waals surface area contributed by atoms with E-state index in [2.05, 4.69) is 0 Å². The average molecular weight is 503 g/mol. The fourth-order valence-electron chi connectivity index (χ4n) is 3.90. The summed E-state index contributed by atoms with van der Waals surface area (Å²) in [5.41, 5.74) is 0.377. The highest BCUT2D eigenvalue weighted by atomic mass is 32.2. The number of benzene rings is 2. The van der Waals surface area contributed by atoms with Gasteiger partial charge in [0.05, 0.1) is 4.90 Å². The Labute approximate surface area is 191 Å². The summed E-state index contributed by atoms with van der Waals surface area (Å²) >= 11 is 0. The van der Waals surface area contributed by atoms with E-state index >= 15 is 0 Å². The van der Waals surface area contributed by atoms with Crippen LogP contribution in [0.4, 0.5) is 8.78 Å². The van der Waals surface area contributed by atoms with Crippen molar-refractivity contribution in [2.45, 2.75) is 29.6 Å². The number of piperazine rings is 1. The van der Waals surface area contributed by atoms with Crippen LogP contribution in [0.25, 0.3) is 0 Å². The van der Waals surface area contributed by atoms with Crippen molar-refractivity contribution < 1.29 is 35.1 Å². The summed E-state index contributed by atoms with van der Waals surface area (Å²) in [4.78, 5) is -1.02. The smallest absolute Gasteiger partial charge is 0.249 e. The number of ether oxygens (including phenoxy) is 2. The molecule has 1 fully saturated rings. The number of halogens is 2. The molecule has 2 heterocycles. The molecule has 2 aromatic carbocycles. The van der Waals surface area contributed by atoms with Gasteiger partial charge >= 0.3 is 0 Å². The molecule has 0 aliphatic carbocycles. The molecule has 0 spiro atoms. The van der Waals surface area contributed by atoms with Gasteiger partial charge in [-0.2, -0.15) is 8.61 Å². The van der Waals surface area contributed by atoms with Crippen LogP contribution in [0, 0.1) is 11.6 Å². The number of fused-ring (bicyclic) bond motifs is 1. The lowest BCUT2D eigenvalue weighted by Crippen LogP contribution is -2.50. The maximum atomic E-state index is 14.5. The summed E-state index contributed by atoms with van der Waals surface area (Å²) in [6.45, 7) is 1.74. The Kier molecular flexibility index (Phi) is 6.63. The molecule has 0 radical (unpaired) electrons. The van der Waals surface area contributed by atoms with Crippen molar-refractivity contribution in [3.63, 3.8) is 0 Å². The van der Waals surface area contributed by atoms with Gasteiger partial charge in [-0.15, -0.1) is 0 Å². The zero-order valence-corrected chi connectivity index (χ0v) is 19.6. The van der Waals surface area contributed by atoms with E-state index in [0.717, 1.165) is 20.7 Å². The molecule has 0 atom stereocenters. The van der Waals surface area contributed by atoms with Gasteiger partial charge in [0.25, 0.3) is 0 Å². The van der Waals surface area contributed by atoms with Gasteiger partial charge in [-0.3, -0.25) is 0 Å². The molecular formula is C21H24F2N2O6S2. The van der Waals surface area contributed by atoms with Gasteiger partial charge in [0.2, 0.25) is 20.0 Å². The lowest BCUT2D eigenvalue weighted by molar-refractivity contribution is 0.171. The van der Waals surface area contributed by atoms with Crippen LogP contribution in [0.2, 0.25) is 0 Å². The fraction of sp³-hybridized carbons (Fsp3) is 0.429. The van der Waals surface area contributed by atoms with Crippen LogP contribution >= 0.6 is 0 Å². The molecule has 0 N–H and O–H groups in total. The third-order valence-electron chi connectivity index (χ3n) is 5.54. The van der Waals surface area contributed by atoms with Crippen LogP contribution in [0.15, 0.2) is 40.1 Å². The van der Waals surface area contributed by atoms with Gasteiger partial charge in [0.1, 0.15) is 24.8 Å². The molecule has 2 aliphatic rings. The third-order valence-corrected chi connectivity index (χ3v) is 9.39. The number of nitrogens with zero attached hydrogens (tertiary/aromatic N) is 2. The lowest BCUT2D eigenvalue weighted by Gasteiger charge is -2.33. The van der Waals surface area contributed by atoms with E-state index in [4.69, 9.17) is 9.47 Å². The summed E-state index contributed by atoms with van der Waals surface area (Å²) in [7, 11) is -8.40. The highest BCUT2D eigenvalue weighted by Crippen LogP contribution is 2.33. The number of hydrogen-bond acceptors (Lipinski definition) is 6. The van der Waals surface area contributed by atoms with Crippen molar-refractivity contribution in [2.75, 3.05) is 39.4 Å². The van der Waals surface area contributed by atoms with Crippen LogP contribution in [0.1, 0.15) is 18.9 Å². The normalized spacial score (nSPS) is 17.8. The number of aryl methyl sites for hydroxylation is 1. The Hall–Kier alpha value is -2.28. The average Bonchev–Trinajstić information content (AvgIpc) is 2.78. The fourth-order valence-corrected chi connectivity index (χ4v) is 6.86. The largest absolute Gasteiger partial charge is 0.486 e. The lowest BCUT2D eigenvalue weighted by atomic mass is 10.1. The molecule has 8 nitrogen and oxygen atoms in total. The van der Waals surface area contributed by atoms with Crippen molar-refractivity contribution in [3.05, 3.63) is 47.5 Å². The minimum absolute atomic E-state index is 0.00772. The van der Waals surface area contributed by atoms with Gasteiger partial charge in [0, 0.05) is 32.2 Å². The van der Waals surface area contributed by atoms with Crippen molar-refractivity contribution in [3.8, 4) is 11.5 Å². The predicted octanol–water partition coefficient (Wildman–Crippen LogP) is 2.38. The molecular weight excluding hydrogens is 478 g/mol. The standard InChI is InChI=1S/C21H24F2N2O6S2/c1-2-3-15-12-17(22)21(18(23)13-15)33(28,29)25-8-6-24(7-9-25)32(26,27)16-4-5-19-20(14-16)31-11-10-30-19/h4-5,12-14H,2-3,6-11H2,1H3. The van der Waals surface area contributed by atoms with Crippen LogP contribution in [0.3, 0.4) is 0 Å². The molecule has 33 heavy (non-hydrogen) atoms. The van der Waals surface area contributed by atoms with Crippen molar-refractivity contribution in [1.82, 2.24) is 8.61 Å². The summed E-state index contributed by atoms with van der Waals surface area (Å²) in [6.07, 6.45) is 1.08. The van der Waals surface area contributed by atoms with Crippen molar-refractivity contribution in [1.29, 1.82) is 0 Å². The molecule has 2 aromatic rings. The van der Waals surface area contributed by atoms with Crippen LogP contribution in [0.5, 0.6) is 11.5 Å². The summed E-state index contributed by atoms with van der Waals surface area (Å²) in [6, 6.07) is 6.34. The Bertz CT molecular complexity index is 1240. The maximum Gasteiger partial charge on any atom is 0.249 e. The maximum absolute atomic E-state index is 14.5. The first-order valence-electron chi connectivity index (χ1n) is 10.5.